The third-order valence-electron chi connectivity index (χ3n) is 2.12. The Hall–Kier alpha value is -1.44. The van der Waals surface area contributed by atoms with Gasteiger partial charge in [-0.15, -0.1) is 0 Å². The van der Waals surface area contributed by atoms with Gasteiger partial charge in [0.05, 0.1) is 19.8 Å². The molecule has 0 fully saturated rings. The lowest BCUT2D eigenvalue weighted by Crippen LogP contribution is -2.32. The molecule has 0 atom stereocenters. The van der Waals surface area contributed by atoms with Crippen molar-refractivity contribution in [3.63, 3.8) is 0 Å². The van der Waals surface area contributed by atoms with Crippen LogP contribution in [-0.4, -0.2) is 57.8 Å². The van der Waals surface area contributed by atoms with Gasteiger partial charge in [0.2, 0.25) is 0 Å². The Morgan fingerprint density at radius 2 is 1.44 bits per heavy atom. The first-order valence-corrected chi connectivity index (χ1v) is 5.10. The number of rotatable bonds is 5. The van der Waals surface area contributed by atoms with Gasteiger partial charge in [0.15, 0.2) is 0 Å². The van der Waals surface area contributed by atoms with Crippen LogP contribution in [0.2, 0.25) is 0 Å². The summed E-state index contributed by atoms with van der Waals surface area (Å²) in [7, 11) is 0. The number of carboxylic acids is 1. The van der Waals surface area contributed by atoms with E-state index in [2.05, 4.69) is 6.58 Å². The Kier molecular flexibility index (Phi) is 16.5. The summed E-state index contributed by atoms with van der Waals surface area (Å²) in [5.74, 6) is -0.935. The highest BCUT2D eigenvalue weighted by atomic mass is 16.4. The van der Waals surface area contributed by atoms with Crippen molar-refractivity contribution in [1.29, 1.82) is 0 Å². The molecule has 0 spiro atoms. The van der Waals surface area contributed by atoms with E-state index in [-0.39, 0.29) is 31.9 Å². The molecule has 7 heteroatoms. The molecular weight excluding hydrogens is 244 g/mol. The second-order valence-corrected chi connectivity index (χ2v) is 3.52. The molecule has 0 aliphatic rings. The van der Waals surface area contributed by atoms with E-state index in [0.29, 0.717) is 6.42 Å². The summed E-state index contributed by atoms with van der Waals surface area (Å²) in [5.41, 5.74) is -0.491. The molecule has 0 bridgehead atoms. The summed E-state index contributed by atoms with van der Waals surface area (Å²) >= 11 is 0. The maximum Gasteiger partial charge on any atom is 0.330 e. The van der Waals surface area contributed by atoms with Crippen LogP contribution in [0.1, 0.15) is 20.3 Å². The SMILES string of the molecule is C=C(C)C(=O)O.CCC(CO)(CO)CO.O=CO. The molecule has 0 unspecified atom stereocenters. The van der Waals surface area contributed by atoms with E-state index in [1.807, 2.05) is 6.92 Å². The molecule has 0 radical (unpaired) electrons. The number of aliphatic hydroxyl groups is 3. The fraction of sp³-hybridized carbons (Fsp3) is 0.636. The van der Waals surface area contributed by atoms with Gasteiger partial charge < -0.3 is 25.5 Å². The van der Waals surface area contributed by atoms with Gasteiger partial charge in [0.25, 0.3) is 6.47 Å². The first kappa shape index (κ1) is 21.8. The summed E-state index contributed by atoms with van der Waals surface area (Å²) < 4.78 is 0. The monoisotopic (exact) mass is 266 g/mol. The Morgan fingerprint density at radius 1 is 1.22 bits per heavy atom. The highest BCUT2D eigenvalue weighted by Gasteiger charge is 2.24. The van der Waals surface area contributed by atoms with Gasteiger partial charge in [-0.25, -0.2) is 4.79 Å². The minimum atomic E-state index is -0.935. The normalized spacial score (nSPS) is 9.17. The van der Waals surface area contributed by atoms with Gasteiger partial charge in [0.1, 0.15) is 0 Å². The Balaban J connectivity index is -0.000000216. The average Bonchev–Trinajstić information content (AvgIpc) is 2.34. The number of carboxylic acid groups (broad SMARTS) is 2. The van der Waals surface area contributed by atoms with Crippen molar-refractivity contribution in [1.82, 2.24) is 0 Å². The van der Waals surface area contributed by atoms with Crippen LogP contribution in [0.25, 0.3) is 0 Å². The second-order valence-electron chi connectivity index (χ2n) is 3.52. The van der Waals surface area contributed by atoms with Crippen LogP contribution in [0.5, 0.6) is 0 Å². The quantitative estimate of drug-likeness (QED) is 0.340. The predicted molar refractivity (Wildman–Crippen MR) is 65.1 cm³/mol. The first-order chi connectivity index (χ1) is 8.30. The van der Waals surface area contributed by atoms with Crippen LogP contribution in [0.15, 0.2) is 12.2 Å². The molecule has 0 aliphatic heterocycles. The molecule has 0 amide bonds. The maximum absolute atomic E-state index is 9.60. The lowest BCUT2D eigenvalue weighted by atomic mass is 9.88. The smallest absolute Gasteiger partial charge is 0.330 e. The average molecular weight is 266 g/mol. The molecule has 0 aromatic carbocycles. The summed E-state index contributed by atoms with van der Waals surface area (Å²) in [5, 5.41) is 40.7. The fourth-order valence-corrected chi connectivity index (χ4v) is 0.485. The number of hydrogen-bond donors (Lipinski definition) is 5. The minimum Gasteiger partial charge on any atom is -0.483 e. The number of aliphatic carboxylic acids is 1. The van der Waals surface area contributed by atoms with E-state index in [1.165, 1.54) is 6.92 Å². The van der Waals surface area contributed by atoms with Crippen LogP contribution in [-0.2, 0) is 9.59 Å². The van der Waals surface area contributed by atoms with Crippen molar-refractivity contribution < 1.29 is 35.1 Å². The summed E-state index contributed by atoms with van der Waals surface area (Å²) in [6.07, 6.45) is 0.594. The second kappa shape index (κ2) is 13.6. The van der Waals surface area contributed by atoms with Gasteiger partial charge in [-0.2, -0.15) is 0 Å². The first-order valence-electron chi connectivity index (χ1n) is 5.10. The Bertz CT molecular complexity index is 204. The zero-order chi connectivity index (χ0) is 15.2. The summed E-state index contributed by atoms with van der Waals surface area (Å²) in [6, 6.07) is 0. The van der Waals surface area contributed by atoms with Crippen molar-refractivity contribution in [2.45, 2.75) is 20.3 Å². The van der Waals surface area contributed by atoms with Crippen LogP contribution < -0.4 is 0 Å². The van der Waals surface area contributed by atoms with Crippen LogP contribution in [0.4, 0.5) is 0 Å². The van der Waals surface area contributed by atoms with Gasteiger partial charge in [-0.3, -0.25) is 4.79 Å². The third-order valence-corrected chi connectivity index (χ3v) is 2.12. The van der Waals surface area contributed by atoms with Gasteiger partial charge >= 0.3 is 5.97 Å². The predicted octanol–water partition coefficient (Wildman–Crippen LogP) is -0.292. The van der Waals surface area contributed by atoms with Crippen molar-refractivity contribution in [2.75, 3.05) is 19.8 Å². The molecule has 7 nitrogen and oxygen atoms in total. The Labute approximate surface area is 106 Å². The van der Waals surface area contributed by atoms with E-state index in [4.69, 9.17) is 30.3 Å². The minimum absolute atomic E-state index is 0.156. The van der Waals surface area contributed by atoms with E-state index in [9.17, 15) is 4.79 Å². The standard InChI is InChI=1S/C6H14O3.C4H6O2.CH2O2/c1-2-6(3-7,4-8)5-9;1-3(2)4(5)6;2-1-3/h7-9H,2-5H2,1H3;1H2,2H3,(H,5,6);1H,(H,2,3). The molecule has 108 valence electrons. The fourth-order valence-electron chi connectivity index (χ4n) is 0.485. The molecule has 0 heterocycles. The largest absolute Gasteiger partial charge is 0.483 e. The molecule has 5 N–H and O–H groups in total. The molecule has 0 aromatic rings. The summed E-state index contributed by atoms with van der Waals surface area (Å²) in [6.45, 7) is 5.71. The van der Waals surface area contributed by atoms with Crippen molar-refractivity contribution in [3.8, 4) is 0 Å². The lowest BCUT2D eigenvalue weighted by Gasteiger charge is -2.24. The van der Waals surface area contributed by atoms with Crippen LogP contribution in [0.3, 0.4) is 0 Å². The molecule has 0 aliphatic carbocycles. The van der Waals surface area contributed by atoms with E-state index in [1.54, 1.807) is 0 Å². The number of aliphatic hydroxyl groups excluding tert-OH is 3. The van der Waals surface area contributed by atoms with E-state index >= 15 is 0 Å². The molecular formula is C11H22O7. The van der Waals surface area contributed by atoms with Gasteiger partial charge in [-0.1, -0.05) is 13.5 Å². The zero-order valence-corrected chi connectivity index (χ0v) is 10.7. The van der Waals surface area contributed by atoms with Crippen LogP contribution >= 0.6 is 0 Å². The molecule has 0 rings (SSSR count). The molecule has 0 saturated carbocycles. The van der Waals surface area contributed by atoms with Crippen molar-refractivity contribution >= 4 is 12.4 Å². The van der Waals surface area contributed by atoms with E-state index in [0.717, 1.165) is 0 Å². The molecule has 18 heavy (non-hydrogen) atoms. The summed E-state index contributed by atoms with van der Waals surface area (Å²) in [4.78, 5) is 18.0. The topological polar surface area (TPSA) is 135 Å². The third kappa shape index (κ3) is 12.6. The van der Waals surface area contributed by atoms with Crippen LogP contribution in [0, 0.1) is 5.41 Å². The molecule has 0 aromatic heterocycles. The number of hydrogen-bond acceptors (Lipinski definition) is 5. The zero-order valence-electron chi connectivity index (χ0n) is 10.7. The van der Waals surface area contributed by atoms with Crippen molar-refractivity contribution in [3.05, 3.63) is 12.2 Å². The highest BCUT2D eigenvalue weighted by Crippen LogP contribution is 2.18. The number of carbonyl (C=O) groups is 2. The lowest BCUT2D eigenvalue weighted by molar-refractivity contribution is -0.132. The highest BCUT2D eigenvalue weighted by molar-refractivity contribution is 5.84. The van der Waals surface area contributed by atoms with Gasteiger partial charge in [0, 0.05) is 11.0 Å². The van der Waals surface area contributed by atoms with E-state index < -0.39 is 11.4 Å². The van der Waals surface area contributed by atoms with Crippen molar-refractivity contribution in [2.24, 2.45) is 5.41 Å². The van der Waals surface area contributed by atoms with Gasteiger partial charge in [-0.05, 0) is 13.3 Å². The maximum atomic E-state index is 9.60. The Morgan fingerprint density at radius 3 is 1.44 bits per heavy atom. The molecule has 0 saturated heterocycles.